The van der Waals surface area contributed by atoms with Gasteiger partial charge in [0, 0.05) is 6.26 Å². The standard InChI is InChI=1S/C12H16N2O5S2/c1-20(15,16)7-3-6-19-10-5-2-4-9-8-21(17,18)14-12(13)11(9)10/h2,4-5H,3,6-8H2,1H3,(H2,13,14). The summed E-state index contributed by atoms with van der Waals surface area (Å²) < 4.78 is 54.1. The zero-order valence-corrected chi connectivity index (χ0v) is 13.1. The Hall–Kier alpha value is -1.61. The van der Waals surface area contributed by atoms with Crippen LogP contribution in [0.3, 0.4) is 0 Å². The molecule has 0 atom stereocenters. The smallest absolute Gasteiger partial charge is 0.259 e. The zero-order valence-electron chi connectivity index (χ0n) is 11.4. The van der Waals surface area contributed by atoms with Crippen molar-refractivity contribution in [2.24, 2.45) is 10.1 Å². The molecule has 1 aromatic carbocycles. The molecule has 116 valence electrons. The van der Waals surface area contributed by atoms with Gasteiger partial charge >= 0.3 is 0 Å². The minimum atomic E-state index is -3.58. The van der Waals surface area contributed by atoms with Crippen molar-refractivity contribution in [1.82, 2.24) is 0 Å². The maximum Gasteiger partial charge on any atom is 0.259 e. The molecular formula is C12H16N2O5S2. The molecule has 2 N–H and O–H groups in total. The van der Waals surface area contributed by atoms with Crippen molar-refractivity contribution < 1.29 is 21.6 Å². The summed E-state index contributed by atoms with van der Waals surface area (Å²) in [5, 5.41) is 0. The summed E-state index contributed by atoms with van der Waals surface area (Å²) in [6, 6.07) is 4.97. The van der Waals surface area contributed by atoms with Gasteiger partial charge in [-0.05, 0) is 18.1 Å². The highest BCUT2D eigenvalue weighted by molar-refractivity contribution is 7.90. The summed E-state index contributed by atoms with van der Waals surface area (Å²) in [5.74, 6) is 0.121. The van der Waals surface area contributed by atoms with Crippen LogP contribution in [0, 0.1) is 0 Å². The molecule has 0 radical (unpaired) electrons. The largest absolute Gasteiger partial charge is 0.493 e. The van der Waals surface area contributed by atoms with E-state index in [1.54, 1.807) is 18.2 Å². The topological polar surface area (TPSA) is 116 Å². The van der Waals surface area contributed by atoms with Crippen molar-refractivity contribution in [3.05, 3.63) is 29.3 Å². The van der Waals surface area contributed by atoms with E-state index in [1.807, 2.05) is 0 Å². The van der Waals surface area contributed by atoms with Crippen LogP contribution >= 0.6 is 0 Å². The highest BCUT2D eigenvalue weighted by Crippen LogP contribution is 2.28. The maximum absolute atomic E-state index is 11.5. The molecule has 1 aliphatic rings. The molecule has 0 fully saturated rings. The number of fused-ring (bicyclic) bond motifs is 1. The summed E-state index contributed by atoms with van der Waals surface area (Å²) in [6.07, 6.45) is 1.50. The molecule has 7 nitrogen and oxygen atoms in total. The van der Waals surface area contributed by atoms with E-state index in [-0.39, 0.29) is 23.9 Å². The third kappa shape index (κ3) is 4.18. The van der Waals surface area contributed by atoms with E-state index in [1.165, 1.54) is 0 Å². The zero-order chi connectivity index (χ0) is 15.7. The summed E-state index contributed by atoms with van der Waals surface area (Å²) in [5.41, 5.74) is 6.69. The first kappa shape index (κ1) is 15.8. The number of hydrogen-bond acceptors (Lipinski definition) is 6. The highest BCUT2D eigenvalue weighted by Gasteiger charge is 2.25. The van der Waals surface area contributed by atoms with Crippen LogP contribution in [0.25, 0.3) is 0 Å². The predicted octanol–water partition coefficient (Wildman–Crippen LogP) is 0.0488. The molecule has 0 aromatic heterocycles. The van der Waals surface area contributed by atoms with Gasteiger partial charge in [0.2, 0.25) is 0 Å². The second kappa shape index (κ2) is 5.64. The number of sulfone groups is 1. The van der Waals surface area contributed by atoms with E-state index in [9.17, 15) is 16.8 Å². The van der Waals surface area contributed by atoms with Gasteiger partial charge in [0.15, 0.2) is 0 Å². The first-order valence-electron chi connectivity index (χ1n) is 6.19. The number of nitrogens with two attached hydrogens (primary N) is 1. The molecule has 2 rings (SSSR count). The number of amidine groups is 1. The van der Waals surface area contributed by atoms with Crippen molar-refractivity contribution >= 4 is 25.7 Å². The molecule has 0 aliphatic carbocycles. The highest BCUT2D eigenvalue weighted by atomic mass is 32.2. The summed E-state index contributed by atoms with van der Waals surface area (Å²) in [6.45, 7) is 0.198. The average molecular weight is 332 g/mol. The molecule has 21 heavy (non-hydrogen) atoms. The van der Waals surface area contributed by atoms with Crippen molar-refractivity contribution in [1.29, 1.82) is 0 Å². The van der Waals surface area contributed by atoms with Crippen molar-refractivity contribution in [2.45, 2.75) is 12.2 Å². The molecule has 1 aliphatic heterocycles. The van der Waals surface area contributed by atoms with Gasteiger partial charge in [-0.25, -0.2) is 16.8 Å². The van der Waals surface area contributed by atoms with Gasteiger partial charge in [-0.2, -0.15) is 0 Å². The Bertz CT molecular complexity index is 782. The Morgan fingerprint density at radius 1 is 1.38 bits per heavy atom. The van der Waals surface area contributed by atoms with Gasteiger partial charge in [0.25, 0.3) is 10.0 Å². The fraction of sp³-hybridized carbons (Fsp3) is 0.417. The third-order valence-electron chi connectivity index (χ3n) is 2.86. The van der Waals surface area contributed by atoms with Gasteiger partial charge in [-0.1, -0.05) is 12.1 Å². The maximum atomic E-state index is 11.5. The molecule has 0 saturated carbocycles. The molecule has 0 amide bonds. The lowest BCUT2D eigenvalue weighted by molar-refractivity contribution is 0.317. The SMILES string of the molecule is CS(=O)(=O)CCCOc1cccc2c1C(N)=NS(=O)(=O)C2. The number of rotatable bonds is 5. The fourth-order valence-corrected chi connectivity index (χ4v) is 3.77. The second-order valence-corrected chi connectivity index (χ2v) is 8.72. The molecule has 0 spiro atoms. The van der Waals surface area contributed by atoms with Crippen molar-refractivity contribution in [2.75, 3.05) is 18.6 Å². The molecular weight excluding hydrogens is 316 g/mol. The Kier molecular flexibility index (Phi) is 4.24. The first-order valence-corrected chi connectivity index (χ1v) is 9.86. The van der Waals surface area contributed by atoms with Crippen LogP contribution in [0.15, 0.2) is 22.6 Å². The van der Waals surface area contributed by atoms with E-state index in [0.29, 0.717) is 23.3 Å². The number of sulfonamides is 1. The van der Waals surface area contributed by atoms with Gasteiger partial charge in [0.05, 0.1) is 23.7 Å². The van der Waals surface area contributed by atoms with E-state index < -0.39 is 19.9 Å². The summed E-state index contributed by atoms with van der Waals surface area (Å²) >= 11 is 0. The normalized spacial score (nSPS) is 16.9. The minimum absolute atomic E-state index is 0.0278. The lowest BCUT2D eigenvalue weighted by Crippen LogP contribution is -2.24. The molecule has 0 bridgehead atoms. The van der Waals surface area contributed by atoms with E-state index in [0.717, 1.165) is 6.26 Å². The van der Waals surface area contributed by atoms with Crippen LogP contribution in [0.1, 0.15) is 17.5 Å². The summed E-state index contributed by atoms with van der Waals surface area (Å²) in [7, 11) is -6.61. The molecule has 0 unspecified atom stereocenters. The van der Waals surface area contributed by atoms with Gasteiger partial charge in [-0.3, -0.25) is 0 Å². The molecule has 1 heterocycles. The van der Waals surface area contributed by atoms with Crippen LogP contribution in [-0.4, -0.2) is 41.3 Å². The van der Waals surface area contributed by atoms with E-state index >= 15 is 0 Å². The van der Waals surface area contributed by atoms with Crippen LogP contribution in [-0.2, 0) is 25.6 Å². The van der Waals surface area contributed by atoms with E-state index in [4.69, 9.17) is 10.5 Å². The predicted molar refractivity (Wildman–Crippen MR) is 79.6 cm³/mol. The number of hydrogen-bond donors (Lipinski definition) is 1. The van der Waals surface area contributed by atoms with Gasteiger partial charge in [-0.15, -0.1) is 4.40 Å². The van der Waals surface area contributed by atoms with Crippen LogP contribution in [0.5, 0.6) is 5.75 Å². The molecule has 0 saturated heterocycles. The fourth-order valence-electron chi connectivity index (χ4n) is 2.04. The average Bonchev–Trinajstić information content (AvgIpc) is 2.31. The molecule has 9 heteroatoms. The first-order chi connectivity index (χ1) is 9.68. The number of benzene rings is 1. The Balaban J connectivity index is 2.17. The Morgan fingerprint density at radius 3 is 2.76 bits per heavy atom. The summed E-state index contributed by atoms with van der Waals surface area (Å²) in [4.78, 5) is 0. The third-order valence-corrected chi connectivity index (χ3v) is 5.04. The Morgan fingerprint density at radius 2 is 2.10 bits per heavy atom. The van der Waals surface area contributed by atoms with Crippen LogP contribution in [0.2, 0.25) is 0 Å². The lowest BCUT2D eigenvalue weighted by Gasteiger charge is -2.18. The Labute approximate surface area is 123 Å². The lowest BCUT2D eigenvalue weighted by atomic mass is 10.1. The number of ether oxygens (including phenoxy) is 1. The van der Waals surface area contributed by atoms with Gasteiger partial charge < -0.3 is 10.5 Å². The quantitative estimate of drug-likeness (QED) is 0.762. The van der Waals surface area contributed by atoms with E-state index in [2.05, 4.69) is 4.40 Å². The molecule has 1 aromatic rings. The van der Waals surface area contributed by atoms with Gasteiger partial charge in [0.1, 0.15) is 21.4 Å². The van der Waals surface area contributed by atoms with Crippen molar-refractivity contribution in [3.8, 4) is 5.75 Å². The monoisotopic (exact) mass is 332 g/mol. The van der Waals surface area contributed by atoms with Crippen LogP contribution in [0.4, 0.5) is 0 Å². The van der Waals surface area contributed by atoms with Crippen molar-refractivity contribution in [3.63, 3.8) is 0 Å². The number of nitrogens with zero attached hydrogens (tertiary/aromatic N) is 1. The van der Waals surface area contributed by atoms with Crippen LogP contribution < -0.4 is 10.5 Å². The minimum Gasteiger partial charge on any atom is -0.493 e. The second-order valence-electron chi connectivity index (χ2n) is 4.82.